The molecule has 1 aliphatic heterocycles. The SMILES string of the molecule is Cc1cnc(C(=O)N2CCN(CCn3nc(C(C)(C)C)ccc3=O)CC2)cn1. The Morgan fingerprint density at radius 1 is 1.04 bits per heavy atom. The summed E-state index contributed by atoms with van der Waals surface area (Å²) in [6.07, 6.45) is 3.14. The maximum Gasteiger partial charge on any atom is 0.274 e. The van der Waals surface area contributed by atoms with Crippen molar-refractivity contribution < 1.29 is 4.79 Å². The molecule has 8 heteroatoms. The van der Waals surface area contributed by atoms with Gasteiger partial charge in [-0.15, -0.1) is 0 Å². The molecule has 1 saturated heterocycles. The van der Waals surface area contributed by atoms with Crippen LogP contribution in [-0.2, 0) is 12.0 Å². The van der Waals surface area contributed by atoms with Crippen LogP contribution in [-0.4, -0.2) is 68.2 Å². The molecular formula is C20H28N6O2. The fraction of sp³-hybridized carbons (Fsp3) is 0.550. The zero-order chi connectivity index (χ0) is 20.3. The topological polar surface area (TPSA) is 84.2 Å². The molecule has 0 bridgehead atoms. The maximum atomic E-state index is 12.5. The molecule has 1 fully saturated rings. The molecule has 1 aliphatic rings. The second kappa shape index (κ2) is 8.18. The Bertz CT molecular complexity index is 877. The first-order valence-corrected chi connectivity index (χ1v) is 9.63. The average Bonchev–Trinajstić information content (AvgIpc) is 2.67. The number of piperazine rings is 1. The minimum absolute atomic E-state index is 0.0806. The summed E-state index contributed by atoms with van der Waals surface area (Å²) in [4.78, 5) is 37.0. The quantitative estimate of drug-likeness (QED) is 0.785. The van der Waals surface area contributed by atoms with E-state index in [0.29, 0.717) is 25.3 Å². The molecule has 0 radical (unpaired) electrons. The van der Waals surface area contributed by atoms with E-state index in [4.69, 9.17) is 0 Å². The number of aryl methyl sites for hydroxylation is 1. The summed E-state index contributed by atoms with van der Waals surface area (Å²) in [6, 6.07) is 3.39. The Kier molecular flexibility index (Phi) is 5.88. The van der Waals surface area contributed by atoms with Crippen LogP contribution in [0.4, 0.5) is 0 Å². The molecule has 0 aromatic carbocycles. The monoisotopic (exact) mass is 384 g/mol. The Hall–Kier alpha value is -2.61. The van der Waals surface area contributed by atoms with E-state index in [0.717, 1.165) is 31.0 Å². The van der Waals surface area contributed by atoms with Gasteiger partial charge in [-0.05, 0) is 13.0 Å². The lowest BCUT2D eigenvalue weighted by Gasteiger charge is -2.34. The van der Waals surface area contributed by atoms with Gasteiger partial charge < -0.3 is 4.90 Å². The van der Waals surface area contributed by atoms with Crippen molar-refractivity contribution in [2.45, 2.75) is 39.7 Å². The minimum atomic E-state index is -0.0969. The van der Waals surface area contributed by atoms with E-state index in [1.165, 1.54) is 6.20 Å². The highest BCUT2D eigenvalue weighted by atomic mass is 16.2. The van der Waals surface area contributed by atoms with Crippen LogP contribution in [0.5, 0.6) is 0 Å². The van der Waals surface area contributed by atoms with Crippen LogP contribution in [0.2, 0.25) is 0 Å². The first kappa shape index (κ1) is 20.1. The van der Waals surface area contributed by atoms with Gasteiger partial charge in [-0.1, -0.05) is 20.8 Å². The molecule has 150 valence electrons. The summed E-state index contributed by atoms with van der Waals surface area (Å²) >= 11 is 0. The van der Waals surface area contributed by atoms with Gasteiger partial charge in [0.25, 0.3) is 11.5 Å². The largest absolute Gasteiger partial charge is 0.335 e. The number of hydrogen-bond acceptors (Lipinski definition) is 6. The third-order valence-electron chi connectivity index (χ3n) is 4.92. The molecule has 3 rings (SSSR count). The van der Waals surface area contributed by atoms with Gasteiger partial charge in [0.05, 0.1) is 24.1 Å². The van der Waals surface area contributed by atoms with Crippen LogP contribution in [0.25, 0.3) is 0 Å². The van der Waals surface area contributed by atoms with E-state index in [2.05, 4.69) is 40.7 Å². The number of amides is 1. The summed E-state index contributed by atoms with van der Waals surface area (Å²) < 4.78 is 1.54. The number of carbonyl (C=O) groups excluding carboxylic acids is 1. The maximum absolute atomic E-state index is 12.5. The second-order valence-electron chi connectivity index (χ2n) is 8.21. The molecule has 1 amide bonds. The van der Waals surface area contributed by atoms with Crippen LogP contribution in [0.3, 0.4) is 0 Å². The predicted molar refractivity (Wildman–Crippen MR) is 106 cm³/mol. The summed E-state index contributed by atoms with van der Waals surface area (Å²) in [5.74, 6) is -0.0806. The number of hydrogen-bond donors (Lipinski definition) is 0. The fourth-order valence-corrected chi connectivity index (χ4v) is 3.08. The Labute approximate surface area is 165 Å². The van der Waals surface area contributed by atoms with Crippen LogP contribution in [0.1, 0.15) is 42.6 Å². The number of carbonyl (C=O) groups is 1. The van der Waals surface area contributed by atoms with E-state index >= 15 is 0 Å². The third-order valence-corrected chi connectivity index (χ3v) is 4.92. The van der Waals surface area contributed by atoms with Gasteiger partial charge in [-0.3, -0.25) is 19.5 Å². The van der Waals surface area contributed by atoms with Crippen LogP contribution >= 0.6 is 0 Å². The lowest BCUT2D eigenvalue weighted by molar-refractivity contribution is 0.0625. The van der Waals surface area contributed by atoms with E-state index in [-0.39, 0.29) is 16.9 Å². The summed E-state index contributed by atoms with van der Waals surface area (Å²) in [5, 5.41) is 4.52. The van der Waals surface area contributed by atoms with Crippen LogP contribution in [0, 0.1) is 6.92 Å². The predicted octanol–water partition coefficient (Wildman–Crippen LogP) is 1.10. The standard InChI is InChI=1S/C20H28N6O2/c1-15-13-22-16(14-21-15)19(28)25-10-7-24(8-11-25)9-12-26-18(27)6-5-17(23-26)20(2,3)4/h5-6,13-14H,7-12H2,1-4H3. The first-order valence-electron chi connectivity index (χ1n) is 9.63. The molecule has 0 N–H and O–H groups in total. The molecule has 0 aliphatic carbocycles. The lowest BCUT2D eigenvalue weighted by Crippen LogP contribution is -2.49. The normalized spacial score (nSPS) is 15.6. The zero-order valence-electron chi connectivity index (χ0n) is 17.1. The third kappa shape index (κ3) is 4.81. The van der Waals surface area contributed by atoms with Crippen molar-refractivity contribution in [3.63, 3.8) is 0 Å². The smallest absolute Gasteiger partial charge is 0.274 e. The van der Waals surface area contributed by atoms with E-state index in [1.54, 1.807) is 27.9 Å². The van der Waals surface area contributed by atoms with Crippen molar-refractivity contribution in [1.29, 1.82) is 0 Å². The van der Waals surface area contributed by atoms with Gasteiger partial charge in [0.2, 0.25) is 0 Å². The Morgan fingerprint density at radius 3 is 2.36 bits per heavy atom. The second-order valence-corrected chi connectivity index (χ2v) is 8.21. The van der Waals surface area contributed by atoms with Crippen molar-refractivity contribution in [3.05, 3.63) is 52.0 Å². The van der Waals surface area contributed by atoms with E-state index in [1.807, 2.05) is 6.92 Å². The highest BCUT2D eigenvalue weighted by Crippen LogP contribution is 2.18. The van der Waals surface area contributed by atoms with Crippen molar-refractivity contribution in [2.75, 3.05) is 32.7 Å². The zero-order valence-corrected chi connectivity index (χ0v) is 17.1. The Balaban J connectivity index is 1.54. The van der Waals surface area contributed by atoms with Crippen LogP contribution < -0.4 is 5.56 Å². The summed E-state index contributed by atoms with van der Waals surface area (Å²) in [7, 11) is 0. The molecule has 2 aromatic heterocycles. The van der Waals surface area contributed by atoms with Crippen molar-refractivity contribution in [3.8, 4) is 0 Å². The molecule has 8 nitrogen and oxygen atoms in total. The molecular weight excluding hydrogens is 356 g/mol. The molecule has 2 aromatic rings. The van der Waals surface area contributed by atoms with Gasteiger partial charge in [0, 0.05) is 50.4 Å². The minimum Gasteiger partial charge on any atom is -0.335 e. The average molecular weight is 384 g/mol. The molecule has 28 heavy (non-hydrogen) atoms. The van der Waals surface area contributed by atoms with E-state index in [9.17, 15) is 9.59 Å². The first-order chi connectivity index (χ1) is 13.2. The highest BCUT2D eigenvalue weighted by Gasteiger charge is 2.23. The van der Waals surface area contributed by atoms with Gasteiger partial charge in [-0.2, -0.15) is 5.10 Å². The van der Waals surface area contributed by atoms with Crippen molar-refractivity contribution >= 4 is 5.91 Å². The van der Waals surface area contributed by atoms with Crippen molar-refractivity contribution in [1.82, 2.24) is 29.5 Å². The molecule has 0 spiro atoms. The molecule has 0 unspecified atom stereocenters. The fourth-order valence-electron chi connectivity index (χ4n) is 3.08. The number of nitrogens with zero attached hydrogens (tertiary/aromatic N) is 6. The molecule has 0 saturated carbocycles. The van der Waals surface area contributed by atoms with Gasteiger partial charge >= 0.3 is 0 Å². The molecule has 0 atom stereocenters. The highest BCUT2D eigenvalue weighted by molar-refractivity contribution is 5.92. The number of rotatable bonds is 4. The van der Waals surface area contributed by atoms with Crippen LogP contribution in [0.15, 0.2) is 29.3 Å². The lowest BCUT2D eigenvalue weighted by atomic mass is 9.92. The number of aromatic nitrogens is 4. The van der Waals surface area contributed by atoms with Gasteiger partial charge in [0.1, 0.15) is 5.69 Å². The van der Waals surface area contributed by atoms with Crippen molar-refractivity contribution in [2.24, 2.45) is 0 Å². The Morgan fingerprint density at radius 2 is 1.75 bits per heavy atom. The van der Waals surface area contributed by atoms with E-state index < -0.39 is 0 Å². The summed E-state index contributed by atoms with van der Waals surface area (Å²) in [5.41, 5.74) is 1.90. The van der Waals surface area contributed by atoms with Gasteiger partial charge in [0.15, 0.2) is 0 Å². The van der Waals surface area contributed by atoms with Gasteiger partial charge in [-0.25, -0.2) is 9.67 Å². The molecule has 3 heterocycles. The summed E-state index contributed by atoms with van der Waals surface area (Å²) in [6.45, 7) is 12.2.